The molecule has 0 bridgehead atoms. The summed E-state index contributed by atoms with van der Waals surface area (Å²) in [6.45, 7) is 7.38. The van der Waals surface area contributed by atoms with Gasteiger partial charge in [-0.15, -0.1) is 6.58 Å². The lowest BCUT2D eigenvalue weighted by molar-refractivity contribution is -0.136. The molecule has 0 radical (unpaired) electrons. The maximum atomic E-state index is 11.6. The van der Waals surface area contributed by atoms with E-state index < -0.39 is 18.6 Å². The third kappa shape index (κ3) is 14.4. The molecule has 2 N–H and O–H groups in total. The average molecular weight is 197 g/mol. The Balaban J connectivity index is 0. The monoisotopic (exact) mass is 197 g/mol. The van der Waals surface area contributed by atoms with Crippen molar-refractivity contribution in [3.05, 3.63) is 12.7 Å². The van der Waals surface area contributed by atoms with Crippen LogP contribution < -0.4 is 5.73 Å². The molecule has 0 aromatic rings. The summed E-state index contributed by atoms with van der Waals surface area (Å²) in [6, 6.07) is -0.408. The van der Waals surface area contributed by atoms with E-state index in [1.807, 2.05) is 13.8 Å². The first kappa shape index (κ1) is 15.0. The Morgan fingerprint density at radius 3 is 2.15 bits per heavy atom. The second kappa shape index (κ2) is 8.10. The summed E-state index contributed by atoms with van der Waals surface area (Å²) >= 11 is 0. The lowest BCUT2D eigenvalue weighted by Gasteiger charge is -2.10. The molecule has 0 saturated carbocycles. The molecule has 0 aliphatic rings. The third-order valence-electron chi connectivity index (χ3n) is 1.27. The van der Waals surface area contributed by atoms with Gasteiger partial charge in [0.25, 0.3) is 0 Å². The van der Waals surface area contributed by atoms with E-state index in [0.717, 1.165) is 0 Å². The van der Waals surface area contributed by atoms with Gasteiger partial charge in [-0.05, 0) is 12.8 Å². The van der Waals surface area contributed by atoms with Gasteiger partial charge in [0.1, 0.15) is 0 Å². The molecule has 0 unspecified atom stereocenters. The van der Waals surface area contributed by atoms with E-state index in [0.29, 0.717) is 6.42 Å². The smallest absolute Gasteiger partial charge is 0.327 e. The molecule has 0 rings (SSSR count). The number of alkyl halides is 3. The maximum Gasteiger partial charge on any atom is 0.389 e. The van der Waals surface area contributed by atoms with Crippen molar-refractivity contribution in [1.29, 1.82) is 0 Å². The number of rotatable bonds is 4. The van der Waals surface area contributed by atoms with E-state index in [1.165, 1.54) is 6.08 Å². The minimum atomic E-state index is -4.08. The highest BCUT2D eigenvalue weighted by atomic mass is 19.4. The molecule has 4 heteroatoms. The summed E-state index contributed by atoms with van der Waals surface area (Å²) in [5, 5.41) is 0. The lowest BCUT2D eigenvalue weighted by atomic mass is 10.1. The minimum absolute atomic E-state index is 0.0183. The first-order valence-electron chi connectivity index (χ1n) is 4.39. The molecule has 80 valence electrons. The Hall–Kier alpha value is -0.510. The van der Waals surface area contributed by atoms with Gasteiger partial charge in [0.05, 0.1) is 0 Å². The number of nitrogens with two attached hydrogens (primary N) is 1. The highest BCUT2D eigenvalue weighted by Gasteiger charge is 2.27. The first-order valence-corrected chi connectivity index (χ1v) is 4.39. The minimum Gasteiger partial charge on any atom is -0.327 e. The molecule has 0 heterocycles. The fourth-order valence-corrected chi connectivity index (χ4v) is 0.681. The zero-order valence-corrected chi connectivity index (χ0v) is 8.19. The van der Waals surface area contributed by atoms with E-state index in [9.17, 15) is 13.2 Å². The Labute approximate surface area is 77.8 Å². The van der Waals surface area contributed by atoms with Crippen LogP contribution in [0, 0.1) is 0 Å². The van der Waals surface area contributed by atoms with E-state index >= 15 is 0 Å². The summed E-state index contributed by atoms with van der Waals surface area (Å²) in [6.07, 6.45) is -2.94. The SMILES string of the molecule is C=CC[C@@H](N)CCC(F)(F)F.CC. The molecule has 0 saturated heterocycles. The van der Waals surface area contributed by atoms with E-state index in [-0.39, 0.29) is 6.42 Å². The van der Waals surface area contributed by atoms with E-state index in [4.69, 9.17) is 5.73 Å². The van der Waals surface area contributed by atoms with Crippen molar-refractivity contribution in [1.82, 2.24) is 0 Å². The van der Waals surface area contributed by atoms with Crippen molar-refractivity contribution < 1.29 is 13.2 Å². The van der Waals surface area contributed by atoms with Crippen molar-refractivity contribution in [2.45, 2.75) is 45.3 Å². The van der Waals surface area contributed by atoms with Crippen LogP contribution in [-0.4, -0.2) is 12.2 Å². The fraction of sp³-hybridized carbons (Fsp3) is 0.778. The van der Waals surface area contributed by atoms with Gasteiger partial charge in [-0.1, -0.05) is 19.9 Å². The van der Waals surface area contributed by atoms with Crippen LogP contribution in [0.1, 0.15) is 33.1 Å². The Kier molecular flexibility index (Phi) is 9.34. The maximum absolute atomic E-state index is 11.6. The molecule has 0 aromatic carbocycles. The number of hydrogen-bond acceptors (Lipinski definition) is 1. The van der Waals surface area contributed by atoms with Crippen LogP contribution in [0.25, 0.3) is 0 Å². The molecule has 0 spiro atoms. The van der Waals surface area contributed by atoms with E-state index in [2.05, 4.69) is 6.58 Å². The summed E-state index contributed by atoms with van der Waals surface area (Å²) in [4.78, 5) is 0. The molecular weight excluding hydrogens is 179 g/mol. The van der Waals surface area contributed by atoms with Gasteiger partial charge < -0.3 is 5.73 Å². The topological polar surface area (TPSA) is 26.0 Å². The van der Waals surface area contributed by atoms with E-state index in [1.54, 1.807) is 0 Å². The predicted molar refractivity (Wildman–Crippen MR) is 49.4 cm³/mol. The van der Waals surface area contributed by atoms with Crippen LogP contribution in [0.2, 0.25) is 0 Å². The van der Waals surface area contributed by atoms with Crippen LogP contribution in [0.15, 0.2) is 12.7 Å². The van der Waals surface area contributed by atoms with Crippen molar-refractivity contribution in [3.8, 4) is 0 Å². The van der Waals surface area contributed by atoms with Gasteiger partial charge in [0, 0.05) is 12.5 Å². The van der Waals surface area contributed by atoms with Crippen molar-refractivity contribution >= 4 is 0 Å². The standard InChI is InChI=1S/C7H12F3N.C2H6/c1-2-3-6(11)4-5-7(8,9)10;1-2/h2,6H,1,3-5,11H2;1-2H3/t6-;/m1./s1. The average Bonchev–Trinajstić information content (AvgIpc) is 2.04. The molecule has 0 aromatic heterocycles. The number of hydrogen-bond donors (Lipinski definition) is 1. The molecule has 1 atom stereocenters. The third-order valence-corrected chi connectivity index (χ3v) is 1.27. The Morgan fingerprint density at radius 1 is 1.38 bits per heavy atom. The fourth-order valence-electron chi connectivity index (χ4n) is 0.681. The highest BCUT2D eigenvalue weighted by molar-refractivity contribution is 4.75. The van der Waals surface area contributed by atoms with Crippen molar-refractivity contribution in [3.63, 3.8) is 0 Å². The van der Waals surface area contributed by atoms with Gasteiger partial charge in [0.15, 0.2) is 0 Å². The van der Waals surface area contributed by atoms with Crippen molar-refractivity contribution in [2.24, 2.45) is 5.73 Å². The molecule has 1 nitrogen and oxygen atoms in total. The largest absolute Gasteiger partial charge is 0.389 e. The zero-order valence-electron chi connectivity index (χ0n) is 8.19. The molecule has 0 amide bonds. The number of halogens is 3. The van der Waals surface area contributed by atoms with Crippen LogP contribution >= 0.6 is 0 Å². The van der Waals surface area contributed by atoms with Gasteiger partial charge in [-0.3, -0.25) is 0 Å². The lowest BCUT2D eigenvalue weighted by Crippen LogP contribution is -2.22. The molecular formula is C9H18F3N. The Bertz CT molecular complexity index is 121. The molecule has 0 aliphatic heterocycles. The zero-order chi connectivity index (χ0) is 10.9. The summed E-state index contributed by atoms with van der Waals surface area (Å²) in [5.41, 5.74) is 5.32. The Morgan fingerprint density at radius 2 is 1.85 bits per heavy atom. The summed E-state index contributed by atoms with van der Waals surface area (Å²) in [5.74, 6) is 0. The van der Waals surface area contributed by atoms with Gasteiger partial charge in [0.2, 0.25) is 0 Å². The van der Waals surface area contributed by atoms with Crippen LogP contribution in [0.3, 0.4) is 0 Å². The quantitative estimate of drug-likeness (QED) is 0.688. The first-order chi connectivity index (χ1) is 5.95. The summed E-state index contributed by atoms with van der Waals surface area (Å²) < 4.78 is 34.7. The second-order valence-corrected chi connectivity index (χ2v) is 2.44. The molecule has 0 aliphatic carbocycles. The highest BCUT2D eigenvalue weighted by Crippen LogP contribution is 2.22. The van der Waals surface area contributed by atoms with Gasteiger partial charge in [-0.2, -0.15) is 13.2 Å². The molecule has 13 heavy (non-hydrogen) atoms. The normalized spacial score (nSPS) is 12.8. The molecule has 0 fully saturated rings. The summed E-state index contributed by atoms with van der Waals surface area (Å²) in [7, 11) is 0. The van der Waals surface area contributed by atoms with Crippen LogP contribution in [-0.2, 0) is 0 Å². The van der Waals surface area contributed by atoms with Crippen molar-refractivity contribution in [2.75, 3.05) is 0 Å². The van der Waals surface area contributed by atoms with Crippen LogP contribution in [0.4, 0.5) is 13.2 Å². The van der Waals surface area contributed by atoms with Gasteiger partial charge >= 0.3 is 6.18 Å². The van der Waals surface area contributed by atoms with Gasteiger partial charge in [-0.25, -0.2) is 0 Å². The second-order valence-electron chi connectivity index (χ2n) is 2.44. The predicted octanol–water partition coefficient (Wildman–Crippen LogP) is 3.26. The van der Waals surface area contributed by atoms with Crippen LogP contribution in [0.5, 0.6) is 0 Å².